The first kappa shape index (κ1) is 19.4. The van der Waals surface area contributed by atoms with Crippen LogP contribution in [0.2, 0.25) is 0 Å². The van der Waals surface area contributed by atoms with E-state index in [2.05, 4.69) is 15.4 Å². The number of hydrogen-bond acceptors (Lipinski definition) is 3. The minimum atomic E-state index is -4.36. The van der Waals surface area contributed by atoms with Gasteiger partial charge in [-0.3, -0.25) is 14.7 Å². The highest BCUT2D eigenvalue weighted by Crippen LogP contribution is 2.29. The first-order chi connectivity index (χ1) is 13.1. The van der Waals surface area contributed by atoms with Crippen LogP contribution in [0.25, 0.3) is 5.82 Å². The molecule has 0 saturated carbocycles. The quantitative estimate of drug-likeness (QED) is 0.716. The maximum Gasteiger partial charge on any atom is 0.416 e. The number of rotatable bonds is 4. The number of aromatic amines is 1. The zero-order chi connectivity index (χ0) is 20.5. The molecular formula is C19H17F3N4O2. The third kappa shape index (κ3) is 4.13. The molecule has 9 heteroatoms. The van der Waals surface area contributed by atoms with Crippen LogP contribution in [0.15, 0.2) is 47.4 Å². The van der Waals surface area contributed by atoms with Crippen LogP contribution in [0.1, 0.15) is 29.3 Å². The molecule has 0 unspecified atom stereocenters. The SMILES string of the molecule is CC(=O)Nc1c(C)[nH]n(-c2ccc(Cc3ccc(C(F)(F)F)cc3)cn2)c1=O. The Bertz CT molecular complexity index is 1050. The highest BCUT2D eigenvalue weighted by Gasteiger charge is 2.29. The summed E-state index contributed by atoms with van der Waals surface area (Å²) in [6, 6.07) is 8.30. The van der Waals surface area contributed by atoms with E-state index in [1.54, 1.807) is 25.3 Å². The molecular weight excluding hydrogens is 373 g/mol. The summed E-state index contributed by atoms with van der Waals surface area (Å²) in [7, 11) is 0. The number of nitrogens with one attached hydrogen (secondary N) is 2. The number of carbonyl (C=O) groups is 1. The average molecular weight is 390 g/mol. The Morgan fingerprint density at radius 2 is 1.79 bits per heavy atom. The van der Waals surface area contributed by atoms with Gasteiger partial charge in [0.25, 0.3) is 5.56 Å². The largest absolute Gasteiger partial charge is 0.416 e. The van der Waals surface area contributed by atoms with Gasteiger partial charge in [0.05, 0.1) is 11.3 Å². The van der Waals surface area contributed by atoms with Crippen molar-refractivity contribution in [2.75, 3.05) is 5.32 Å². The van der Waals surface area contributed by atoms with Crippen LogP contribution in [0, 0.1) is 6.92 Å². The number of nitrogens with zero attached hydrogens (tertiary/aromatic N) is 2. The minimum Gasteiger partial charge on any atom is -0.320 e. The average Bonchev–Trinajstić information content (AvgIpc) is 2.90. The van der Waals surface area contributed by atoms with Gasteiger partial charge < -0.3 is 5.32 Å². The molecule has 0 aliphatic heterocycles. The molecule has 0 aliphatic rings. The number of halogens is 3. The number of aryl methyl sites for hydroxylation is 1. The van der Waals surface area contributed by atoms with Gasteiger partial charge >= 0.3 is 6.18 Å². The molecule has 1 amide bonds. The molecule has 2 heterocycles. The lowest BCUT2D eigenvalue weighted by atomic mass is 10.0. The van der Waals surface area contributed by atoms with Crippen LogP contribution in [0.5, 0.6) is 0 Å². The number of alkyl halides is 3. The second-order valence-corrected chi connectivity index (χ2v) is 6.33. The molecule has 0 saturated heterocycles. The van der Waals surface area contributed by atoms with E-state index in [1.807, 2.05) is 0 Å². The summed E-state index contributed by atoms with van der Waals surface area (Å²) in [5.74, 6) is -0.0212. The predicted molar refractivity (Wildman–Crippen MR) is 97.5 cm³/mol. The molecule has 0 aliphatic carbocycles. The predicted octanol–water partition coefficient (Wildman–Crippen LogP) is 3.44. The Labute approximate surface area is 158 Å². The van der Waals surface area contributed by atoms with Gasteiger partial charge in [0.1, 0.15) is 5.69 Å². The van der Waals surface area contributed by atoms with Gasteiger partial charge in [-0.15, -0.1) is 0 Å². The monoisotopic (exact) mass is 390 g/mol. The van der Waals surface area contributed by atoms with Gasteiger partial charge in [-0.1, -0.05) is 18.2 Å². The van der Waals surface area contributed by atoms with E-state index >= 15 is 0 Å². The highest BCUT2D eigenvalue weighted by atomic mass is 19.4. The van der Waals surface area contributed by atoms with Crippen LogP contribution in [0.3, 0.4) is 0 Å². The van der Waals surface area contributed by atoms with Crippen molar-refractivity contribution >= 4 is 11.6 Å². The third-order valence-corrected chi connectivity index (χ3v) is 4.10. The Morgan fingerprint density at radius 3 is 2.32 bits per heavy atom. The summed E-state index contributed by atoms with van der Waals surface area (Å²) < 4.78 is 39.1. The van der Waals surface area contributed by atoms with Crippen molar-refractivity contribution in [3.63, 3.8) is 0 Å². The Kier molecular flexibility index (Phi) is 5.08. The Balaban J connectivity index is 1.79. The molecule has 6 nitrogen and oxygen atoms in total. The van der Waals surface area contributed by atoms with Crippen molar-refractivity contribution < 1.29 is 18.0 Å². The molecule has 2 N–H and O–H groups in total. The van der Waals surface area contributed by atoms with E-state index in [1.165, 1.54) is 23.7 Å². The Morgan fingerprint density at radius 1 is 1.14 bits per heavy atom. The summed E-state index contributed by atoms with van der Waals surface area (Å²) in [5.41, 5.74) is 1.01. The van der Waals surface area contributed by atoms with Crippen molar-refractivity contribution in [1.29, 1.82) is 0 Å². The van der Waals surface area contributed by atoms with E-state index in [4.69, 9.17) is 0 Å². The lowest BCUT2D eigenvalue weighted by molar-refractivity contribution is -0.137. The molecule has 3 rings (SSSR count). The third-order valence-electron chi connectivity index (χ3n) is 4.10. The maximum atomic E-state index is 12.6. The molecule has 2 aromatic heterocycles. The zero-order valence-corrected chi connectivity index (χ0v) is 15.1. The number of anilines is 1. The number of hydrogen-bond donors (Lipinski definition) is 2. The lowest BCUT2D eigenvalue weighted by Gasteiger charge is -2.08. The van der Waals surface area contributed by atoms with Crippen LogP contribution in [-0.4, -0.2) is 20.7 Å². The molecule has 3 aromatic rings. The molecule has 146 valence electrons. The van der Waals surface area contributed by atoms with Crippen molar-refractivity contribution in [3.05, 3.63) is 75.3 Å². The van der Waals surface area contributed by atoms with Crippen LogP contribution in [0.4, 0.5) is 18.9 Å². The van der Waals surface area contributed by atoms with Crippen molar-refractivity contribution in [2.45, 2.75) is 26.4 Å². The Hall–Kier alpha value is -3.36. The lowest BCUT2D eigenvalue weighted by Crippen LogP contribution is -2.20. The first-order valence-electron chi connectivity index (χ1n) is 8.36. The molecule has 28 heavy (non-hydrogen) atoms. The second-order valence-electron chi connectivity index (χ2n) is 6.33. The van der Waals surface area contributed by atoms with E-state index in [9.17, 15) is 22.8 Å². The fourth-order valence-corrected chi connectivity index (χ4v) is 2.73. The standard InChI is InChI=1S/C19H17F3N4O2/c1-11-17(24-12(2)27)18(28)26(25-11)16-8-5-14(10-23-16)9-13-3-6-15(7-4-13)19(20,21)22/h3-8,10,25H,9H2,1-2H3,(H,24,27). The summed E-state index contributed by atoms with van der Waals surface area (Å²) in [6.45, 7) is 2.96. The summed E-state index contributed by atoms with van der Waals surface area (Å²) >= 11 is 0. The van der Waals surface area contributed by atoms with E-state index in [0.717, 1.165) is 17.7 Å². The van der Waals surface area contributed by atoms with Gasteiger partial charge in [0, 0.05) is 13.1 Å². The molecule has 0 atom stereocenters. The molecule has 0 radical (unpaired) electrons. The number of pyridine rings is 1. The minimum absolute atomic E-state index is 0.156. The normalized spacial score (nSPS) is 11.5. The molecule has 0 fully saturated rings. The number of benzene rings is 1. The second kappa shape index (κ2) is 7.34. The number of aromatic nitrogens is 3. The summed E-state index contributed by atoms with van der Waals surface area (Å²) in [4.78, 5) is 27.8. The summed E-state index contributed by atoms with van der Waals surface area (Å²) in [6.07, 6.45) is -2.41. The van der Waals surface area contributed by atoms with Crippen LogP contribution in [-0.2, 0) is 17.4 Å². The number of H-pyrrole nitrogens is 1. The molecule has 0 bridgehead atoms. The van der Waals surface area contributed by atoms with Crippen molar-refractivity contribution in [3.8, 4) is 5.82 Å². The number of amides is 1. The zero-order valence-electron chi connectivity index (χ0n) is 15.1. The van der Waals surface area contributed by atoms with Crippen LogP contribution >= 0.6 is 0 Å². The maximum absolute atomic E-state index is 12.6. The topological polar surface area (TPSA) is 79.8 Å². The van der Waals surface area contributed by atoms with E-state index in [0.29, 0.717) is 23.5 Å². The van der Waals surface area contributed by atoms with Crippen molar-refractivity contribution in [1.82, 2.24) is 14.8 Å². The fraction of sp³-hybridized carbons (Fsp3) is 0.211. The smallest absolute Gasteiger partial charge is 0.320 e. The van der Waals surface area contributed by atoms with E-state index in [-0.39, 0.29) is 11.6 Å². The van der Waals surface area contributed by atoms with Gasteiger partial charge in [-0.25, -0.2) is 4.98 Å². The fourth-order valence-electron chi connectivity index (χ4n) is 2.73. The number of carbonyl (C=O) groups excluding carboxylic acids is 1. The van der Waals surface area contributed by atoms with Gasteiger partial charge in [-0.2, -0.15) is 17.9 Å². The first-order valence-corrected chi connectivity index (χ1v) is 8.36. The van der Waals surface area contributed by atoms with Gasteiger partial charge in [0.2, 0.25) is 5.91 Å². The summed E-state index contributed by atoms with van der Waals surface area (Å²) in [5, 5.41) is 5.32. The molecule has 1 aromatic carbocycles. The van der Waals surface area contributed by atoms with Gasteiger partial charge in [-0.05, 0) is 42.7 Å². The van der Waals surface area contributed by atoms with Crippen molar-refractivity contribution in [2.24, 2.45) is 0 Å². The molecule has 0 spiro atoms. The van der Waals surface area contributed by atoms with E-state index < -0.39 is 17.3 Å². The van der Waals surface area contributed by atoms with Gasteiger partial charge in [0.15, 0.2) is 5.82 Å². The van der Waals surface area contributed by atoms with Crippen LogP contribution < -0.4 is 10.9 Å². The highest BCUT2D eigenvalue weighted by molar-refractivity contribution is 5.89.